The molecule has 164 valence electrons. The molecule has 0 bridgehead atoms. The average Bonchev–Trinajstić information content (AvgIpc) is 2.73. The van der Waals surface area contributed by atoms with Crippen molar-refractivity contribution in [2.24, 2.45) is 5.92 Å². The molecule has 2 rings (SSSR count). The third kappa shape index (κ3) is 5.73. The smallest absolute Gasteiger partial charge is 0.251 e. The molecule has 30 heavy (non-hydrogen) atoms. The fourth-order valence-electron chi connectivity index (χ4n) is 3.02. The summed E-state index contributed by atoms with van der Waals surface area (Å²) in [5, 5.41) is 2.51. The van der Waals surface area contributed by atoms with E-state index in [1.807, 2.05) is 39.8 Å². The topological polar surface area (TPSA) is 93.7 Å². The molecular weight excluding hydrogens is 404 g/mol. The third-order valence-electron chi connectivity index (χ3n) is 4.53. The van der Waals surface area contributed by atoms with Crippen LogP contribution < -0.4 is 19.5 Å². The molecule has 1 amide bonds. The number of hydrogen-bond donors (Lipinski definition) is 2. The third-order valence-corrected chi connectivity index (χ3v) is 5.99. The molecule has 0 aliphatic heterocycles. The van der Waals surface area contributed by atoms with Gasteiger partial charge in [-0.25, -0.2) is 13.1 Å². The minimum Gasteiger partial charge on any atom is -0.490 e. The Morgan fingerprint density at radius 1 is 0.967 bits per heavy atom. The van der Waals surface area contributed by atoms with Crippen LogP contribution >= 0.6 is 0 Å². The van der Waals surface area contributed by atoms with Gasteiger partial charge in [0, 0.05) is 18.7 Å². The zero-order valence-corrected chi connectivity index (χ0v) is 18.9. The summed E-state index contributed by atoms with van der Waals surface area (Å²) in [6.45, 7) is 8.64. The summed E-state index contributed by atoms with van der Waals surface area (Å²) in [6, 6.07) is 10.8. The Labute approximate surface area is 178 Å². The van der Waals surface area contributed by atoms with Crippen LogP contribution in [0.4, 0.5) is 0 Å². The number of nitrogens with one attached hydrogen (secondary N) is 2. The van der Waals surface area contributed by atoms with Crippen LogP contribution in [0.15, 0.2) is 47.4 Å². The van der Waals surface area contributed by atoms with Gasteiger partial charge in [-0.15, -0.1) is 0 Å². The lowest BCUT2D eigenvalue weighted by molar-refractivity contribution is 0.0963. The summed E-state index contributed by atoms with van der Waals surface area (Å²) >= 11 is 0. The Balaban J connectivity index is 2.34. The van der Waals surface area contributed by atoms with Gasteiger partial charge < -0.3 is 14.8 Å². The number of rotatable bonds is 10. The molecule has 0 radical (unpaired) electrons. The summed E-state index contributed by atoms with van der Waals surface area (Å²) in [7, 11) is -2.28. The summed E-state index contributed by atoms with van der Waals surface area (Å²) in [6.07, 6.45) is 0. The molecule has 0 fully saturated rings. The van der Waals surface area contributed by atoms with E-state index in [0.29, 0.717) is 30.3 Å². The second-order valence-electron chi connectivity index (χ2n) is 7.02. The monoisotopic (exact) mass is 434 g/mol. The second-order valence-corrected chi connectivity index (χ2v) is 8.73. The van der Waals surface area contributed by atoms with Crippen molar-refractivity contribution < 1.29 is 22.7 Å². The van der Waals surface area contributed by atoms with Gasteiger partial charge >= 0.3 is 0 Å². The first kappa shape index (κ1) is 23.7. The zero-order valence-electron chi connectivity index (χ0n) is 18.1. The molecule has 8 heteroatoms. The van der Waals surface area contributed by atoms with E-state index >= 15 is 0 Å². The lowest BCUT2D eigenvalue weighted by atomic mass is 9.97. The van der Waals surface area contributed by atoms with Gasteiger partial charge in [-0.05, 0) is 61.7 Å². The molecule has 1 atom stereocenters. The predicted octanol–water partition coefficient (Wildman–Crippen LogP) is 3.52. The summed E-state index contributed by atoms with van der Waals surface area (Å²) < 4.78 is 40.0. The van der Waals surface area contributed by atoms with Crippen LogP contribution in [0.25, 0.3) is 0 Å². The predicted molar refractivity (Wildman–Crippen MR) is 117 cm³/mol. The minimum absolute atomic E-state index is 0.0164. The number of amides is 1. The van der Waals surface area contributed by atoms with E-state index in [1.54, 1.807) is 6.07 Å². The van der Waals surface area contributed by atoms with Crippen LogP contribution in [0.3, 0.4) is 0 Å². The highest BCUT2D eigenvalue weighted by molar-refractivity contribution is 7.89. The minimum atomic E-state index is -3.80. The van der Waals surface area contributed by atoms with Gasteiger partial charge in [0.2, 0.25) is 10.0 Å². The van der Waals surface area contributed by atoms with Crippen LogP contribution in [0, 0.1) is 5.92 Å². The number of carbonyl (C=O) groups is 1. The van der Waals surface area contributed by atoms with Gasteiger partial charge in [-0.1, -0.05) is 19.9 Å². The maximum absolute atomic E-state index is 13.0. The SMILES string of the molecule is CCOc1ccc(C(NS(=O)(=O)c2ccc(C(=O)NC)cc2)C(C)C)cc1OCC. The lowest BCUT2D eigenvalue weighted by Gasteiger charge is -2.24. The van der Waals surface area contributed by atoms with Crippen molar-refractivity contribution in [2.45, 2.75) is 38.6 Å². The van der Waals surface area contributed by atoms with E-state index in [2.05, 4.69) is 10.0 Å². The maximum Gasteiger partial charge on any atom is 0.251 e. The van der Waals surface area contributed by atoms with Gasteiger partial charge in [0.15, 0.2) is 11.5 Å². The number of hydrogen-bond acceptors (Lipinski definition) is 5. The molecular formula is C22H30N2O5S. The van der Waals surface area contributed by atoms with Gasteiger partial charge in [-0.3, -0.25) is 4.79 Å². The van der Waals surface area contributed by atoms with Crippen LogP contribution in [0.2, 0.25) is 0 Å². The molecule has 0 saturated heterocycles. The van der Waals surface area contributed by atoms with Crippen molar-refractivity contribution in [1.82, 2.24) is 10.0 Å². The first-order chi connectivity index (χ1) is 14.2. The second kappa shape index (κ2) is 10.4. The van der Waals surface area contributed by atoms with Crippen molar-refractivity contribution in [3.8, 4) is 11.5 Å². The van der Waals surface area contributed by atoms with E-state index in [4.69, 9.17) is 9.47 Å². The van der Waals surface area contributed by atoms with E-state index in [0.717, 1.165) is 5.56 Å². The Kier molecular flexibility index (Phi) is 8.25. The largest absolute Gasteiger partial charge is 0.490 e. The van der Waals surface area contributed by atoms with Gasteiger partial charge in [-0.2, -0.15) is 0 Å². The van der Waals surface area contributed by atoms with Crippen molar-refractivity contribution >= 4 is 15.9 Å². The molecule has 1 unspecified atom stereocenters. The van der Waals surface area contributed by atoms with E-state index in [-0.39, 0.29) is 16.7 Å². The van der Waals surface area contributed by atoms with E-state index < -0.39 is 16.1 Å². The fourth-order valence-corrected chi connectivity index (χ4v) is 4.39. The van der Waals surface area contributed by atoms with Gasteiger partial charge in [0.05, 0.1) is 18.1 Å². The van der Waals surface area contributed by atoms with Crippen LogP contribution in [0.1, 0.15) is 49.7 Å². The molecule has 7 nitrogen and oxygen atoms in total. The Bertz CT molecular complexity index is 956. The summed E-state index contributed by atoms with van der Waals surface area (Å²) in [4.78, 5) is 11.8. The number of ether oxygens (including phenoxy) is 2. The highest BCUT2D eigenvalue weighted by atomic mass is 32.2. The Morgan fingerprint density at radius 2 is 1.57 bits per heavy atom. The highest BCUT2D eigenvalue weighted by Crippen LogP contribution is 2.33. The molecule has 0 spiro atoms. The van der Waals surface area contributed by atoms with Gasteiger partial charge in [0.25, 0.3) is 5.91 Å². The Morgan fingerprint density at radius 3 is 2.10 bits per heavy atom. The van der Waals surface area contributed by atoms with Gasteiger partial charge in [0.1, 0.15) is 0 Å². The Hall–Kier alpha value is -2.58. The van der Waals surface area contributed by atoms with Crippen molar-refractivity contribution in [3.63, 3.8) is 0 Å². The van der Waals surface area contributed by atoms with Crippen molar-refractivity contribution in [1.29, 1.82) is 0 Å². The maximum atomic E-state index is 13.0. The first-order valence-corrected chi connectivity index (χ1v) is 11.5. The summed E-state index contributed by atoms with van der Waals surface area (Å²) in [5.74, 6) is 0.914. The van der Waals surface area contributed by atoms with Crippen LogP contribution in [0.5, 0.6) is 11.5 Å². The normalized spacial score (nSPS) is 12.5. The highest BCUT2D eigenvalue weighted by Gasteiger charge is 2.25. The lowest BCUT2D eigenvalue weighted by Crippen LogP contribution is -2.32. The molecule has 0 heterocycles. The average molecular weight is 435 g/mol. The molecule has 0 aliphatic rings. The first-order valence-electron chi connectivity index (χ1n) is 9.97. The quantitative estimate of drug-likeness (QED) is 0.597. The molecule has 2 aromatic rings. The van der Waals surface area contributed by atoms with Crippen LogP contribution in [-0.2, 0) is 10.0 Å². The molecule has 0 aliphatic carbocycles. The number of carbonyl (C=O) groups excluding carboxylic acids is 1. The molecule has 0 aromatic heterocycles. The number of benzene rings is 2. The van der Waals surface area contributed by atoms with Crippen molar-refractivity contribution in [3.05, 3.63) is 53.6 Å². The standard InChI is InChI=1S/C22H30N2O5S/c1-6-28-19-13-10-17(14-20(19)29-7-2)21(15(3)4)24-30(26,27)18-11-8-16(9-12-18)22(25)23-5/h8-15,21,24H,6-7H2,1-5H3,(H,23,25). The van der Waals surface area contributed by atoms with E-state index in [9.17, 15) is 13.2 Å². The zero-order chi connectivity index (χ0) is 22.3. The molecule has 2 aromatic carbocycles. The summed E-state index contributed by atoms with van der Waals surface area (Å²) in [5.41, 5.74) is 1.17. The van der Waals surface area contributed by atoms with Crippen molar-refractivity contribution in [2.75, 3.05) is 20.3 Å². The molecule has 2 N–H and O–H groups in total. The molecule has 0 saturated carbocycles. The number of sulfonamides is 1. The van der Waals surface area contributed by atoms with Crippen LogP contribution in [-0.4, -0.2) is 34.6 Å². The fraction of sp³-hybridized carbons (Fsp3) is 0.409. The van der Waals surface area contributed by atoms with E-state index in [1.165, 1.54) is 31.3 Å².